The van der Waals surface area contributed by atoms with Gasteiger partial charge in [0, 0.05) is 0 Å². The third kappa shape index (κ3) is 3.05. The SMILES string of the molecule is COc1ccc(N2C(=O)CC(N(C)Cc3c(=O)o[nH][n+]3C)C2=O)cc1. The monoisotopic (exact) mass is 347 g/mol. The van der Waals surface area contributed by atoms with Gasteiger partial charge in [-0.2, -0.15) is 0 Å². The lowest BCUT2D eigenvalue weighted by atomic mass is 10.2. The van der Waals surface area contributed by atoms with Crippen LogP contribution in [-0.2, 0) is 23.2 Å². The van der Waals surface area contributed by atoms with Crippen molar-refractivity contribution in [2.24, 2.45) is 7.05 Å². The van der Waals surface area contributed by atoms with E-state index < -0.39 is 11.7 Å². The number of aromatic nitrogens is 2. The third-order valence-electron chi connectivity index (χ3n) is 4.30. The highest BCUT2D eigenvalue weighted by Gasteiger charge is 2.42. The van der Waals surface area contributed by atoms with E-state index in [4.69, 9.17) is 9.26 Å². The summed E-state index contributed by atoms with van der Waals surface area (Å²) in [6.45, 7) is 0.183. The fourth-order valence-corrected chi connectivity index (χ4v) is 2.84. The number of H-pyrrole nitrogens is 1. The van der Waals surface area contributed by atoms with Gasteiger partial charge >= 0.3 is 11.3 Å². The molecule has 25 heavy (non-hydrogen) atoms. The van der Waals surface area contributed by atoms with Crippen LogP contribution in [0.25, 0.3) is 0 Å². The van der Waals surface area contributed by atoms with Crippen molar-refractivity contribution in [2.45, 2.75) is 19.0 Å². The number of amides is 2. The molecule has 0 saturated carbocycles. The number of anilines is 1. The standard InChI is InChI=1S/C16H18N4O5/c1-18(9-13-16(23)25-17-19(13)2)12-8-14(21)20(15(12)22)10-4-6-11(24-3)7-5-10/h4-7,12H,8-9H2,1-3H3/p+1. The Kier molecular flexibility index (Phi) is 4.41. The molecular weight excluding hydrogens is 328 g/mol. The summed E-state index contributed by atoms with van der Waals surface area (Å²) in [6.07, 6.45) is 0.0564. The Hall–Kier alpha value is -2.94. The van der Waals surface area contributed by atoms with Crippen LogP contribution in [0.15, 0.2) is 33.6 Å². The van der Waals surface area contributed by atoms with Crippen LogP contribution in [0.5, 0.6) is 5.75 Å². The van der Waals surface area contributed by atoms with Crippen LogP contribution in [0.2, 0.25) is 0 Å². The number of nitrogens with zero attached hydrogens (tertiary/aromatic N) is 3. The van der Waals surface area contributed by atoms with Crippen LogP contribution >= 0.6 is 0 Å². The van der Waals surface area contributed by atoms with Crippen LogP contribution < -0.4 is 19.9 Å². The Morgan fingerprint density at radius 2 is 2.00 bits per heavy atom. The van der Waals surface area contributed by atoms with Crippen LogP contribution in [0, 0.1) is 0 Å². The smallest absolute Gasteiger partial charge is 0.431 e. The van der Waals surface area contributed by atoms with Gasteiger partial charge in [-0.15, -0.1) is 0 Å². The molecule has 1 saturated heterocycles. The number of nitrogens with one attached hydrogen (secondary N) is 1. The highest BCUT2D eigenvalue weighted by atomic mass is 16.5. The highest BCUT2D eigenvalue weighted by Crippen LogP contribution is 2.27. The van der Waals surface area contributed by atoms with Crippen LogP contribution in [0.3, 0.4) is 0 Å². The maximum atomic E-state index is 12.7. The second-order valence-corrected chi connectivity index (χ2v) is 5.89. The molecular formula is C16H19N4O5+. The van der Waals surface area contributed by atoms with Gasteiger partial charge in [0.25, 0.3) is 5.91 Å². The maximum Gasteiger partial charge on any atom is 0.431 e. The van der Waals surface area contributed by atoms with Crippen molar-refractivity contribution in [2.75, 3.05) is 19.1 Å². The summed E-state index contributed by atoms with van der Waals surface area (Å²) in [5.41, 5.74) is 0.363. The van der Waals surface area contributed by atoms with E-state index in [1.54, 1.807) is 50.4 Å². The first-order chi connectivity index (χ1) is 11.9. The van der Waals surface area contributed by atoms with E-state index in [0.717, 1.165) is 0 Å². The van der Waals surface area contributed by atoms with Crippen molar-refractivity contribution in [3.63, 3.8) is 0 Å². The minimum atomic E-state index is -0.635. The number of ether oxygens (including phenoxy) is 1. The van der Waals surface area contributed by atoms with Gasteiger partial charge in [-0.25, -0.2) is 9.69 Å². The number of hydrogen-bond acceptors (Lipinski definition) is 6. The predicted octanol–water partition coefficient (Wildman–Crippen LogP) is -0.435. The lowest BCUT2D eigenvalue weighted by Gasteiger charge is -2.20. The second-order valence-electron chi connectivity index (χ2n) is 5.89. The summed E-state index contributed by atoms with van der Waals surface area (Å²) in [6, 6.07) is 6.08. The molecule has 1 atom stereocenters. The molecule has 0 spiro atoms. The van der Waals surface area contributed by atoms with E-state index in [9.17, 15) is 14.4 Å². The van der Waals surface area contributed by atoms with Crippen molar-refractivity contribution < 1.29 is 23.5 Å². The maximum absolute atomic E-state index is 12.7. The molecule has 9 heteroatoms. The number of imide groups is 1. The van der Waals surface area contributed by atoms with E-state index in [-0.39, 0.29) is 24.8 Å². The van der Waals surface area contributed by atoms with Crippen LogP contribution in [-0.4, -0.2) is 42.2 Å². The molecule has 9 nitrogen and oxygen atoms in total. The largest absolute Gasteiger partial charge is 0.497 e. The molecule has 2 heterocycles. The van der Waals surface area contributed by atoms with E-state index in [1.807, 2.05) is 0 Å². The summed E-state index contributed by atoms with van der Waals surface area (Å²) in [4.78, 5) is 39.6. The number of rotatable bonds is 5. The summed E-state index contributed by atoms with van der Waals surface area (Å²) in [5.74, 6) is 0.0425. The van der Waals surface area contributed by atoms with Gasteiger partial charge < -0.3 is 4.74 Å². The zero-order valence-corrected chi connectivity index (χ0v) is 14.2. The Morgan fingerprint density at radius 3 is 2.56 bits per heavy atom. The number of carbonyl (C=O) groups excluding carboxylic acids is 2. The van der Waals surface area contributed by atoms with Crippen molar-refractivity contribution in [3.05, 3.63) is 40.4 Å². The molecule has 2 amide bonds. The average molecular weight is 347 g/mol. The molecule has 0 radical (unpaired) electrons. The molecule has 132 valence electrons. The lowest BCUT2D eigenvalue weighted by molar-refractivity contribution is -0.746. The van der Waals surface area contributed by atoms with E-state index >= 15 is 0 Å². The zero-order valence-electron chi connectivity index (χ0n) is 14.2. The van der Waals surface area contributed by atoms with E-state index in [1.165, 1.54) is 9.58 Å². The third-order valence-corrected chi connectivity index (χ3v) is 4.30. The number of benzene rings is 1. The number of carbonyl (C=O) groups is 2. The van der Waals surface area contributed by atoms with E-state index in [2.05, 4.69) is 5.27 Å². The topological polar surface area (TPSA) is 99.7 Å². The average Bonchev–Trinajstić information content (AvgIpc) is 3.08. The minimum absolute atomic E-state index is 0.0564. The van der Waals surface area contributed by atoms with Gasteiger partial charge in [0.2, 0.25) is 5.91 Å². The number of methoxy groups -OCH3 is 1. The van der Waals surface area contributed by atoms with E-state index in [0.29, 0.717) is 17.1 Å². The molecule has 1 aliphatic heterocycles. The summed E-state index contributed by atoms with van der Waals surface area (Å²) < 4.78 is 11.2. The summed E-state index contributed by atoms with van der Waals surface area (Å²) >= 11 is 0. The Morgan fingerprint density at radius 1 is 1.32 bits per heavy atom. The van der Waals surface area contributed by atoms with Gasteiger partial charge in [0.15, 0.2) is 7.05 Å². The second kappa shape index (κ2) is 6.52. The molecule has 1 N–H and O–H groups in total. The molecule has 2 aromatic rings. The van der Waals surface area contributed by atoms with Crippen molar-refractivity contribution in [3.8, 4) is 5.75 Å². The first-order valence-corrected chi connectivity index (χ1v) is 7.70. The predicted molar refractivity (Wildman–Crippen MR) is 85.9 cm³/mol. The van der Waals surface area contributed by atoms with Crippen molar-refractivity contribution in [1.29, 1.82) is 0 Å². The Labute approximate surface area is 143 Å². The normalized spacial score (nSPS) is 17.6. The zero-order chi connectivity index (χ0) is 18.1. The molecule has 1 unspecified atom stereocenters. The first kappa shape index (κ1) is 16.9. The van der Waals surface area contributed by atoms with Crippen molar-refractivity contribution in [1.82, 2.24) is 10.2 Å². The quantitative estimate of drug-likeness (QED) is 0.582. The fraction of sp³-hybridized carbons (Fsp3) is 0.375. The van der Waals surface area contributed by atoms with Gasteiger partial charge in [-0.1, -0.05) is 4.68 Å². The summed E-state index contributed by atoms with van der Waals surface area (Å²) in [5, 5.41) is 2.43. The lowest BCUT2D eigenvalue weighted by Crippen LogP contribution is -2.44. The molecule has 0 bridgehead atoms. The minimum Gasteiger partial charge on any atom is -0.497 e. The molecule has 1 aromatic carbocycles. The number of aromatic amines is 1. The fourth-order valence-electron chi connectivity index (χ4n) is 2.84. The van der Waals surface area contributed by atoms with Crippen molar-refractivity contribution >= 4 is 17.5 Å². The molecule has 1 aliphatic rings. The highest BCUT2D eigenvalue weighted by molar-refractivity contribution is 6.22. The molecule has 1 aromatic heterocycles. The number of hydrogen-bond donors (Lipinski definition) is 1. The van der Waals surface area contributed by atoms with Gasteiger partial charge in [0.05, 0.1) is 31.8 Å². The Balaban J connectivity index is 1.79. The van der Waals surface area contributed by atoms with Gasteiger partial charge in [0.1, 0.15) is 5.75 Å². The number of aryl methyl sites for hydroxylation is 1. The molecule has 0 aliphatic carbocycles. The van der Waals surface area contributed by atoms with Crippen LogP contribution in [0.1, 0.15) is 12.1 Å². The Bertz CT molecular complexity index is 854. The van der Waals surface area contributed by atoms with Gasteiger partial charge in [-0.05, 0) is 36.6 Å². The molecule has 1 fully saturated rings. The first-order valence-electron chi connectivity index (χ1n) is 7.70. The summed E-state index contributed by atoms with van der Waals surface area (Å²) in [7, 11) is 4.88. The number of likely N-dealkylation sites (N-methyl/N-ethyl adjacent to an activating group) is 1. The van der Waals surface area contributed by atoms with Crippen LogP contribution in [0.4, 0.5) is 5.69 Å². The van der Waals surface area contributed by atoms with Gasteiger partial charge in [-0.3, -0.25) is 19.0 Å². The molecule has 3 rings (SSSR count).